The number of nitrogens with zero attached hydrogens (tertiary/aromatic N) is 5. The Hall–Kier alpha value is -4.07. The van der Waals surface area contributed by atoms with E-state index < -0.39 is 0 Å². The highest BCUT2D eigenvalue weighted by atomic mass is 15.2. The van der Waals surface area contributed by atoms with Crippen LogP contribution in [0.4, 0.5) is 5.82 Å². The predicted molar refractivity (Wildman–Crippen MR) is 115 cm³/mol. The van der Waals surface area contributed by atoms with E-state index in [1.54, 1.807) is 0 Å². The van der Waals surface area contributed by atoms with Crippen LogP contribution in [-0.4, -0.2) is 41.9 Å². The average Bonchev–Trinajstić information content (AvgIpc) is 3.50. The van der Waals surface area contributed by atoms with Crippen molar-refractivity contribution in [1.29, 1.82) is 0 Å². The molecule has 5 aromatic heterocycles. The molecule has 0 aliphatic carbocycles. The molecule has 1 aliphatic rings. The number of anilines is 1. The zero-order valence-corrected chi connectivity index (χ0v) is 16.3. The zero-order valence-electron chi connectivity index (χ0n) is 16.3. The maximum Gasteiger partial charge on any atom is 0.151 e. The minimum Gasteiger partial charge on any atom is -0.368 e. The third kappa shape index (κ3) is 2.65. The Morgan fingerprint density at radius 3 is 2.87 bits per heavy atom. The van der Waals surface area contributed by atoms with Gasteiger partial charge in [0, 0.05) is 41.3 Å². The van der Waals surface area contributed by atoms with Crippen LogP contribution in [0.25, 0.3) is 44.9 Å². The van der Waals surface area contributed by atoms with Gasteiger partial charge in [0.25, 0.3) is 0 Å². The molecule has 0 fully saturated rings. The summed E-state index contributed by atoms with van der Waals surface area (Å²) in [5, 5.41) is 18.2. The molecule has 0 amide bonds. The number of aromatic nitrogens is 7. The van der Waals surface area contributed by atoms with Crippen LogP contribution >= 0.6 is 0 Å². The van der Waals surface area contributed by atoms with Gasteiger partial charge in [-0.1, -0.05) is 6.07 Å². The highest BCUT2D eigenvalue weighted by Crippen LogP contribution is 2.32. The largest absolute Gasteiger partial charge is 0.368 e. The summed E-state index contributed by atoms with van der Waals surface area (Å²) in [7, 11) is 0. The molecule has 0 spiro atoms. The van der Waals surface area contributed by atoms with E-state index in [9.17, 15) is 0 Å². The lowest BCUT2D eigenvalue weighted by molar-refractivity contribution is 1.04. The van der Waals surface area contributed by atoms with Crippen LogP contribution in [0.2, 0.25) is 0 Å². The number of pyridine rings is 3. The van der Waals surface area contributed by atoms with Crippen LogP contribution in [0, 0.1) is 6.92 Å². The number of hydrogen-bond donors (Lipinski definition) is 3. The number of nitrogens with one attached hydrogen (secondary N) is 3. The van der Waals surface area contributed by atoms with Gasteiger partial charge < -0.3 is 5.32 Å². The molecule has 8 nitrogen and oxygen atoms in total. The monoisotopic (exact) mass is 394 g/mol. The van der Waals surface area contributed by atoms with Gasteiger partial charge in [-0.25, -0.2) is 4.98 Å². The van der Waals surface area contributed by atoms with Crippen molar-refractivity contribution < 1.29 is 0 Å². The summed E-state index contributed by atoms with van der Waals surface area (Å²) in [5.41, 5.74) is 9.14. The quantitative estimate of drug-likeness (QED) is 0.430. The SMILES string of the molecule is Cc1cccc(-c2n[nH]cc2-c2ccc3ncc(-c4[nH]nc5c4CCN5)cc3n2)n1. The Balaban J connectivity index is 1.46. The molecular weight excluding hydrogens is 376 g/mol. The second-order valence-corrected chi connectivity index (χ2v) is 7.37. The minimum absolute atomic E-state index is 0.784. The van der Waals surface area contributed by atoms with E-state index in [1.807, 2.05) is 49.6 Å². The standard InChI is InChI=1S/C22H18N8/c1-12-3-2-4-18(26-12)21-15(11-25-28-21)16-5-6-17-19(27-16)9-13(10-24-17)20-14-7-8-23-22(14)30-29-20/h2-6,9-11H,7-8H2,1H3,(H,25,28)(H2,23,29,30). The molecule has 0 saturated heterocycles. The minimum atomic E-state index is 0.784. The topological polar surface area (TPSA) is 108 Å². The van der Waals surface area contributed by atoms with E-state index in [1.165, 1.54) is 5.56 Å². The lowest BCUT2D eigenvalue weighted by Gasteiger charge is -2.06. The van der Waals surface area contributed by atoms with Crippen molar-refractivity contribution in [3.8, 4) is 33.9 Å². The van der Waals surface area contributed by atoms with Crippen molar-refractivity contribution in [3.63, 3.8) is 0 Å². The van der Waals surface area contributed by atoms with Crippen molar-refractivity contribution in [3.05, 3.63) is 60.0 Å². The fraction of sp³-hybridized carbons (Fsp3) is 0.136. The Labute approximate surface area is 171 Å². The molecule has 0 atom stereocenters. The van der Waals surface area contributed by atoms with Crippen molar-refractivity contribution >= 4 is 16.9 Å². The van der Waals surface area contributed by atoms with Crippen molar-refractivity contribution in [1.82, 2.24) is 35.3 Å². The van der Waals surface area contributed by atoms with E-state index in [2.05, 4.69) is 41.7 Å². The summed E-state index contributed by atoms with van der Waals surface area (Å²) < 4.78 is 0. The van der Waals surface area contributed by atoms with Gasteiger partial charge in [0.1, 0.15) is 5.69 Å². The van der Waals surface area contributed by atoms with Gasteiger partial charge in [-0.2, -0.15) is 10.2 Å². The number of aromatic amines is 2. The van der Waals surface area contributed by atoms with Crippen LogP contribution < -0.4 is 5.32 Å². The summed E-state index contributed by atoms with van der Waals surface area (Å²) in [6.45, 7) is 2.89. The van der Waals surface area contributed by atoms with Crippen LogP contribution in [0.5, 0.6) is 0 Å². The Kier molecular flexibility index (Phi) is 3.64. The number of hydrogen-bond acceptors (Lipinski definition) is 6. The third-order valence-corrected chi connectivity index (χ3v) is 5.41. The van der Waals surface area contributed by atoms with Crippen LogP contribution in [0.3, 0.4) is 0 Å². The lowest BCUT2D eigenvalue weighted by atomic mass is 10.1. The van der Waals surface area contributed by atoms with Gasteiger partial charge in [-0.3, -0.25) is 20.2 Å². The molecule has 0 bridgehead atoms. The van der Waals surface area contributed by atoms with Crippen molar-refractivity contribution in [2.75, 3.05) is 11.9 Å². The molecule has 6 heterocycles. The molecule has 0 aromatic carbocycles. The molecule has 1 aliphatic heterocycles. The fourth-order valence-corrected chi connectivity index (χ4v) is 3.95. The van der Waals surface area contributed by atoms with Crippen molar-refractivity contribution in [2.45, 2.75) is 13.3 Å². The molecule has 8 heteroatoms. The van der Waals surface area contributed by atoms with Gasteiger partial charge in [-0.05, 0) is 43.7 Å². The Bertz CT molecular complexity index is 1400. The first-order chi connectivity index (χ1) is 14.8. The Morgan fingerprint density at radius 2 is 1.93 bits per heavy atom. The molecule has 6 rings (SSSR count). The summed E-state index contributed by atoms with van der Waals surface area (Å²) in [6.07, 6.45) is 4.68. The summed E-state index contributed by atoms with van der Waals surface area (Å²) in [4.78, 5) is 14.1. The molecule has 0 unspecified atom stereocenters. The van der Waals surface area contributed by atoms with Crippen LogP contribution in [0.15, 0.2) is 48.8 Å². The number of aryl methyl sites for hydroxylation is 1. The van der Waals surface area contributed by atoms with Gasteiger partial charge >= 0.3 is 0 Å². The Morgan fingerprint density at radius 1 is 0.967 bits per heavy atom. The summed E-state index contributed by atoms with van der Waals surface area (Å²) >= 11 is 0. The third-order valence-electron chi connectivity index (χ3n) is 5.41. The molecular formula is C22H18N8. The van der Waals surface area contributed by atoms with E-state index in [4.69, 9.17) is 4.98 Å². The first-order valence-corrected chi connectivity index (χ1v) is 9.83. The van der Waals surface area contributed by atoms with Crippen LogP contribution in [0.1, 0.15) is 11.3 Å². The first-order valence-electron chi connectivity index (χ1n) is 9.83. The summed E-state index contributed by atoms with van der Waals surface area (Å²) in [5.74, 6) is 0.931. The lowest BCUT2D eigenvalue weighted by Crippen LogP contribution is -1.95. The van der Waals surface area contributed by atoms with E-state index in [0.717, 1.165) is 69.4 Å². The van der Waals surface area contributed by atoms with Gasteiger partial charge in [0.15, 0.2) is 5.82 Å². The highest BCUT2D eigenvalue weighted by Gasteiger charge is 2.20. The molecule has 3 N–H and O–H groups in total. The second-order valence-electron chi connectivity index (χ2n) is 7.37. The molecule has 0 saturated carbocycles. The van der Waals surface area contributed by atoms with Gasteiger partial charge in [-0.15, -0.1) is 0 Å². The molecule has 146 valence electrons. The van der Waals surface area contributed by atoms with Gasteiger partial charge in [0.05, 0.1) is 28.1 Å². The van der Waals surface area contributed by atoms with Crippen molar-refractivity contribution in [2.24, 2.45) is 0 Å². The average molecular weight is 394 g/mol. The molecule has 30 heavy (non-hydrogen) atoms. The number of rotatable bonds is 3. The number of H-pyrrole nitrogens is 2. The van der Waals surface area contributed by atoms with E-state index in [-0.39, 0.29) is 0 Å². The molecule has 0 radical (unpaired) electrons. The predicted octanol–water partition coefficient (Wildman–Crippen LogP) is 3.75. The van der Waals surface area contributed by atoms with E-state index in [0.29, 0.717) is 0 Å². The summed E-state index contributed by atoms with van der Waals surface area (Å²) in [6, 6.07) is 11.9. The smallest absolute Gasteiger partial charge is 0.151 e. The normalized spacial score (nSPS) is 12.8. The molecule has 5 aromatic rings. The van der Waals surface area contributed by atoms with Gasteiger partial charge in [0.2, 0.25) is 0 Å². The maximum absolute atomic E-state index is 4.89. The number of fused-ring (bicyclic) bond motifs is 2. The maximum atomic E-state index is 4.89. The van der Waals surface area contributed by atoms with Crippen LogP contribution in [-0.2, 0) is 6.42 Å². The van der Waals surface area contributed by atoms with E-state index >= 15 is 0 Å². The first kappa shape index (κ1) is 16.8. The zero-order chi connectivity index (χ0) is 20.1. The highest BCUT2D eigenvalue weighted by molar-refractivity contribution is 5.85. The second kappa shape index (κ2) is 6.48. The fourth-order valence-electron chi connectivity index (χ4n) is 3.95.